The second kappa shape index (κ2) is 5.84. The van der Waals surface area contributed by atoms with Gasteiger partial charge in [0.1, 0.15) is 0 Å². The molecule has 4 nitrogen and oxygen atoms in total. The van der Waals surface area contributed by atoms with Gasteiger partial charge in [-0.25, -0.2) is 0 Å². The Morgan fingerprint density at radius 3 is 2.84 bits per heavy atom. The zero-order valence-corrected chi connectivity index (χ0v) is 12.4. The average Bonchev–Trinajstić information content (AvgIpc) is 2.88. The number of aryl methyl sites for hydroxylation is 1. The fourth-order valence-corrected chi connectivity index (χ4v) is 3.24. The topological polar surface area (TPSA) is 49.4 Å². The number of thiophene rings is 1. The molecular formula is C14H20N2O2S. The van der Waals surface area contributed by atoms with Gasteiger partial charge in [0.15, 0.2) is 0 Å². The summed E-state index contributed by atoms with van der Waals surface area (Å²) in [7, 11) is 1.56. The fourth-order valence-electron chi connectivity index (χ4n) is 2.27. The minimum atomic E-state index is -0.245. The van der Waals surface area contributed by atoms with E-state index in [1.165, 1.54) is 14.7 Å². The number of carbonyl (C=O) groups excluding carboxylic acids is 2. The van der Waals surface area contributed by atoms with E-state index < -0.39 is 0 Å². The van der Waals surface area contributed by atoms with E-state index in [9.17, 15) is 9.59 Å². The van der Waals surface area contributed by atoms with Crippen molar-refractivity contribution in [2.75, 3.05) is 7.05 Å². The molecule has 5 heteroatoms. The molecule has 2 rings (SSSR count). The molecule has 2 unspecified atom stereocenters. The normalized spacial score (nSPS) is 21.8. The van der Waals surface area contributed by atoms with Crippen LogP contribution in [-0.2, 0) is 16.0 Å². The SMILES string of the molecule is CCc1ccc(C(C)NC2CCC(=O)N(C)C2=O)s1. The Labute approximate surface area is 117 Å². The number of piperidine rings is 1. The first-order chi connectivity index (χ1) is 9.02. The molecule has 1 N–H and O–H groups in total. The lowest BCUT2D eigenvalue weighted by molar-refractivity contribution is -0.148. The van der Waals surface area contributed by atoms with Gasteiger partial charge in [-0.2, -0.15) is 0 Å². The molecular weight excluding hydrogens is 260 g/mol. The molecule has 2 atom stereocenters. The second-order valence-electron chi connectivity index (χ2n) is 4.93. The molecule has 1 aromatic rings. The van der Waals surface area contributed by atoms with Crippen LogP contribution in [0.5, 0.6) is 0 Å². The third kappa shape index (κ3) is 3.04. The average molecular weight is 280 g/mol. The maximum Gasteiger partial charge on any atom is 0.246 e. The molecule has 0 saturated carbocycles. The lowest BCUT2D eigenvalue weighted by Crippen LogP contribution is -2.51. The monoisotopic (exact) mass is 280 g/mol. The van der Waals surface area contributed by atoms with E-state index in [2.05, 4.69) is 31.3 Å². The van der Waals surface area contributed by atoms with Gasteiger partial charge in [-0.15, -0.1) is 11.3 Å². The van der Waals surface area contributed by atoms with Gasteiger partial charge in [0.25, 0.3) is 0 Å². The molecule has 1 fully saturated rings. The standard InChI is InChI=1S/C14H20N2O2S/c1-4-10-5-7-12(19-10)9(2)15-11-6-8-13(17)16(3)14(11)18/h5,7,9,11,15H,4,6,8H2,1-3H3. The molecule has 104 valence electrons. The van der Waals surface area contributed by atoms with Crippen LogP contribution in [0, 0.1) is 0 Å². The maximum absolute atomic E-state index is 12.0. The molecule has 1 aliphatic heterocycles. The number of hydrogen-bond acceptors (Lipinski definition) is 4. The van der Waals surface area contributed by atoms with Crippen LogP contribution in [0.25, 0.3) is 0 Å². The molecule has 2 heterocycles. The van der Waals surface area contributed by atoms with Crippen LogP contribution in [0.4, 0.5) is 0 Å². The number of likely N-dealkylation sites (N-methyl/N-ethyl adjacent to an activating group) is 1. The first-order valence-electron chi connectivity index (χ1n) is 6.68. The summed E-state index contributed by atoms with van der Waals surface area (Å²) in [5.74, 6) is -0.199. The summed E-state index contributed by atoms with van der Waals surface area (Å²) in [5, 5.41) is 3.34. The van der Waals surface area contributed by atoms with Crippen molar-refractivity contribution in [1.29, 1.82) is 0 Å². The van der Waals surface area contributed by atoms with Crippen molar-refractivity contribution in [2.45, 2.75) is 45.2 Å². The van der Waals surface area contributed by atoms with E-state index >= 15 is 0 Å². The van der Waals surface area contributed by atoms with Gasteiger partial charge in [-0.3, -0.25) is 19.8 Å². The third-order valence-corrected chi connectivity index (χ3v) is 4.97. The summed E-state index contributed by atoms with van der Waals surface area (Å²) in [6.07, 6.45) is 2.08. The lowest BCUT2D eigenvalue weighted by Gasteiger charge is -2.30. The Bertz CT molecular complexity index is 484. The summed E-state index contributed by atoms with van der Waals surface area (Å²) in [4.78, 5) is 27.3. The van der Waals surface area contributed by atoms with Gasteiger partial charge in [0.05, 0.1) is 6.04 Å². The van der Waals surface area contributed by atoms with Crippen LogP contribution in [0.2, 0.25) is 0 Å². The van der Waals surface area contributed by atoms with Gasteiger partial charge in [-0.1, -0.05) is 6.92 Å². The van der Waals surface area contributed by atoms with Crippen molar-refractivity contribution < 1.29 is 9.59 Å². The zero-order valence-electron chi connectivity index (χ0n) is 11.6. The second-order valence-corrected chi connectivity index (χ2v) is 6.13. The maximum atomic E-state index is 12.0. The van der Waals surface area contributed by atoms with Crippen LogP contribution >= 0.6 is 11.3 Å². The molecule has 0 bridgehead atoms. The smallest absolute Gasteiger partial charge is 0.246 e. The molecule has 0 radical (unpaired) electrons. The Morgan fingerprint density at radius 2 is 2.21 bits per heavy atom. The van der Waals surface area contributed by atoms with E-state index in [-0.39, 0.29) is 23.9 Å². The number of carbonyl (C=O) groups is 2. The van der Waals surface area contributed by atoms with Crippen LogP contribution in [-0.4, -0.2) is 29.8 Å². The molecule has 1 aliphatic rings. The highest BCUT2D eigenvalue weighted by molar-refractivity contribution is 7.12. The first kappa shape index (κ1) is 14.2. The Kier molecular flexibility index (Phi) is 4.37. The first-order valence-corrected chi connectivity index (χ1v) is 7.49. The van der Waals surface area contributed by atoms with E-state index in [4.69, 9.17) is 0 Å². The fraction of sp³-hybridized carbons (Fsp3) is 0.571. The number of amides is 2. The van der Waals surface area contributed by atoms with E-state index in [1.54, 1.807) is 18.4 Å². The van der Waals surface area contributed by atoms with Crippen molar-refractivity contribution in [3.8, 4) is 0 Å². The highest BCUT2D eigenvalue weighted by atomic mass is 32.1. The zero-order chi connectivity index (χ0) is 14.0. The molecule has 0 aliphatic carbocycles. The largest absolute Gasteiger partial charge is 0.298 e. The predicted molar refractivity (Wildman–Crippen MR) is 76.0 cm³/mol. The van der Waals surface area contributed by atoms with Gasteiger partial charge >= 0.3 is 0 Å². The molecule has 0 spiro atoms. The number of rotatable bonds is 4. The van der Waals surface area contributed by atoms with Crippen LogP contribution in [0.15, 0.2) is 12.1 Å². The Morgan fingerprint density at radius 1 is 1.47 bits per heavy atom. The summed E-state index contributed by atoms with van der Waals surface area (Å²) in [5.41, 5.74) is 0. The van der Waals surface area contributed by atoms with Crippen molar-refractivity contribution in [3.63, 3.8) is 0 Å². The number of nitrogens with zero attached hydrogens (tertiary/aromatic N) is 1. The minimum Gasteiger partial charge on any atom is -0.298 e. The third-order valence-electron chi connectivity index (χ3n) is 3.56. The highest BCUT2D eigenvalue weighted by Gasteiger charge is 2.32. The lowest BCUT2D eigenvalue weighted by atomic mass is 10.0. The van der Waals surface area contributed by atoms with E-state index in [1.807, 2.05) is 0 Å². The van der Waals surface area contributed by atoms with Crippen molar-refractivity contribution in [2.24, 2.45) is 0 Å². The molecule has 1 saturated heterocycles. The van der Waals surface area contributed by atoms with Crippen molar-refractivity contribution in [3.05, 3.63) is 21.9 Å². The van der Waals surface area contributed by atoms with Gasteiger partial charge in [-0.05, 0) is 31.9 Å². The number of nitrogens with one attached hydrogen (secondary N) is 1. The molecule has 2 amide bonds. The molecule has 19 heavy (non-hydrogen) atoms. The van der Waals surface area contributed by atoms with Crippen LogP contribution in [0.3, 0.4) is 0 Å². The molecule has 0 aromatic carbocycles. The van der Waals surface area contributed by atoms with Gasteiger partial charge < -0.3 is 0 Å². The number of hydrogen-bond donors (Lipinski definition) is 1. The van der Waals surface area contributed by atoms with Crippen molar-refractivity contribution in [1.82, 2.24) is 10.2 Å². The summed E-state index contributed by atoms with van der Waals surface area (Å²) >= 11 is 1.78. The Balaban J connectivity index is 2.00. The van der Waals surface area contributed by atoms with Crippen LogP contribution in [0.1, 0.15) is 42.5 Å². The Hall–Kier alpha value is -1.20. The van der Waals surface area contributed by atoms with Gasteiger partial charge in [0.2, 0.25) is 11.8 Å². The summed E-state index contributed by atoms with van der Waals surface area (Å²) < 4.78 is 0. The quantitative estimate of drug-likeness (QED) is 0.859. The minimum absolute atomic E-state index is 0.0832. The van der Waals surface area contributed by atoms with Gasteiger partial charge in [0, 0.05) is 29.3 Å². The predicted octanol–water partition coefficient (Wildman–Crippen LogP) is 2.11. The van der Waals surface area contributed by atoms with E-state index in [0.29, 0.717) is 12.8 Å². The molecule has 1 aromatic heterocycles. The van der Waals surface area contributed by atoms with Crippen molar-refractivity contribution >= 4 is 23.2 Å². The summed E-state index contributed by atoms with van der Waals surface area (Å²) in [6.45, 7) is 4.20. The summed E-state index contributed by atoms with van der Waals surface area (Å²) in [6, 6.07) is 4.14. The van der Waals surface area contributed by atoms with Crippen LogP contribution < -0.4 is 5.32 Å². The van der Waals surface area contributed by atoms with E-state index in [0.717, 1.165) is 6.42 Å². The number of imide groups is 1. The highest BCUT2D eigenvalue weighted by Crippen LogP contribution is 2.25. The number of likely N-dealkylation sites (tertiary alicyclic amines) is 1.